The molecule has 2 aromatic heterocycles. The van der Waals surface area contributed by atoms with Crippen LogP contribution in [0.25, 0.3) is 10.2 Å². The first-order valence-corrected chi connectivity index (χ1v) is 9.20. The normalized spacial score (nSPS) is 15.5. The molecule has 2 heterocycles. The Morgan fingerprint density at radius 2 is 2.21 bits per heavy atom. The summed E-state index contributed by atoms with van der Waals surface area (Å²) in [6.07, 6.45) is 5.36. The van der Waals surface area contributed by atoms with Gasteiger partial charge in [0, 0.05) is 18.9 Å². The van der Waals surface area contributed by atoms with Gasteiger partial charge in [-0.3, -0.25) is 4.79 Å². The van der Waals surface area contributed by atoms with Crippen molar-refractivity contribution >= 4 is 33.3 Å². The van der Waals surface area contributed by atoms with Gasteiger partial charge in [0.2, 0.25) is 5.91 Å². The highest BCUT2D eigenvalue weighted by Gasteiger charge is 2.30. The fourth-order valence-electron chi connectivity index (χ4n) is 2.97. The quantitative estimate of drug-likeness (QED) is 0.737. The number of rotatable bonds is 6. The first-order valence-electron chi connectivity index (χ1n) is 8.38. The Morgan fingerprint density at radius 1 is 1.38 bits per heavy atom. The van der Waals surface area contributed by atoms with Crippen LogP contribution in [0.3, 0.4) is 0 Å². The molecular formula is C18H20N4OS. The smallest absolute Gasteiger partial charge is 0.225 e. The van der Waals surface area contributed by atoms with Gasteiger partial charge in [-0.05, 0) is 37.8 Å². The average Bonchev–Trinajstić information content (AvgIpc) is 3.19. The Balaban J connectivity index is 1.37. The molecule has 0 radical (unpaired) electrons. The molecule has 4 rings (SSSR count). The molecule has 0 spiro atoms. The zero-order valence-electron chi connectivity index (χ0n) is 13.6. The van der Waals surface area contributed by atoms with Gasteiger partial charge < -0.3 is 5.32 Å². The molecule has 1 saturated carbocycles. The lowest BCUT2D eigenvalue weighted by Crippen LogP contribution is -2.18. The van der Waals surface area contributed by atoms with Crippen LogP contribution in [0.4, 0.5) is 5.82 Å². The van der Waals surface area contributed by atoms with Crippen LogP contribution in [0.1, 0.15) is 37.2 Å². The number of carbonyl (C=O) groups is 1. The molecule has 1 aliphatic carbocycles. The number of nitrogens with zero attached hydrogens (tertiary/aromatic N) is 3. The maximum Gasteiger partial charge on any atom is 0.225 e. The number of thiazole rings is 1. The van der Waals surface area contributed by atoms with Crippen LogP contribution in [-0.4, -0.2) is 20.7 Å². The summed E-state index contributed by atoms with van der Waals surface area (Å²) >= 11 is 1.66. The molecule has 5 nitrogen and oxygen atoms in total. The molecule has 0 saturated heterocycles. The zero-order valence-corrected chi connectivity index (χ0v) is 14.4. The molecule has 3 aromatic rings. The largest absolute Gasteiger partial charge is 0.311 e. The van der Waals surface area contributed by atoms with Gasteiger partial charge in [0.25, 0.3) is 0 Å². The summed E-state index contributed by atoms with van der Waals surface area (Å²) in [5, 5.41) is 8.37. The maximum atomic E-state index is 12.3. The fourth-order valence-corrected chi connectivity index (χ4v) is 3.94. The SMILES string of the molecule is CC(C1CC1)n1nccc1NC(=O)CCc1nc2ccccc2s1. The third kappa shape index (κ3) is 3.19. The fraction of sp³-hybridized carbons (Fsp3) is 0.389. The van der Waals surface area contributed by atoms with E-state index in [2.05, 4.69) is 28.4 Å². The van der Waals surface area contributed by atoms with Crippen LogP contribution in [0.15, 0.2) is 36.5 Å². The van der Waals surface area contributed by atoms with E-state index in [1.165, 1.54) is 17.5 Å². The molecule has 1 fully saturated rings. The highest BCUT2D eigenvalue weighted by Crippen LogP contribution is 2.40. The Bertz CT molecular complexity index is 832. The van der Waals surface area contributed by atoms with Gasteiger partial charge in [-0.25, -0.2) is 9.67 Å². The summed E-state index contributed by atoms with van der Waals surface area (Å²) in [7, 11) is 0. The van der Waals surface area contributed by atoms with Crippen LogP contribution >= 0.6 is 11.3 Å². The van der Waals surface area contributed by atoms with Gasteiger partial charge in [0.15, 0.2) is 0 Å². The summed E-state index contributed by atoms with van der Waals surface area (Å²) in [6.45, 7) is 2.17. The highest BCUT2D eigenvalue weighted by atomic mass is 32.1. The second kappa shape index (κ2) is 6.36. The Morgan fingerprint density at radius 3 is 3.00 bits per heavy atom. The van der Waals surface area contributed by atoms with Crippen LogP contribution in [0.2, 0.25) is 0 Å². The predicted octanol–water partition coefficient (Wildman–Crippen LogP) is 4.04. The second-order valence-corrected chi connectivity index (χ2v) is 7.48. The Hall–Kier alpha value is -2.21. The van der Waals surface area contributed by atoms with Gasteiger partial charge in [-0.1, -0.05) is 12.1 Å². The molecule has 1 aliphatic rings. The molecule has 1 atom stereocenters. The molecule has 24 heavy (non-hydrogen) atoms. The van der Waals surface area contributed by atoms with Gasteiger partial charge >= 0.3 is 0 Å². The third-order valence-electron chi connectivity index (χ3n) is 4.53. The third-order valence-corrected chi connectivity index (χ3v) is 5.63. The number of hydrogen-bond donors (Lipinski definition) is 1. The number of anilines is 1. The minimum absolute atomic E-state index is 0.0130. The first kappa shape index (κ1) is 15.3. The number of carbonyl (C=O) groups excluding carboxylic acids is 1. The van der Waals surface area contributed by atoms with E-state index in [1.54, 1.807) is 17.5 Å². The van der Waals surface area contributed by atoms with E-state index >= 15 is 0 Å². The van der Waals surface area contributed by atoms with E-state index in [9.17, 15) is 4.79 Å². The number of benzene rings is 1. The van der Waals surface area contributed by atoms with Crippen LogP contribution in [0.5, 0.6) is 0 Å². The van der Waals surface area contributed by atoms with Crippen molar-refractivity contribution in [3.05, 3.63) is 41.5 Å². The number of para-hydroxylation sites is 1. The maximum absolute atomic E-state index is 12.3. The van der Waals surface area contributed by atoms with E-state index in [-0.39, 0.29) is 5.91 Å². The molecule has 1 unspecified atom stereocenters. The summed E-state index contributed by atoms with van der Waals surface area (Å²) in [4.78, 5) is 16.9. The minimum Gasteiger partial charge on any atom is -0.311 e. The molecule has 1 amide bonds. The number of nitrogens with one attached hydrogen (secondary N) is 1. The summed E-state index contributed by atoms with van der Waals surface area (Å²) in [6, 6.07) is 10.3. The number of aryl methyl sites for hydroxylation is 1. The summed E-state index contributed by atoms with van der Waals surface area (Å²) in [5.41, 5.74) is 1.01. The van der Waals surface area contributed by atoms with Crippen molar-refractivity contribution in [1.29, 1.82) is 0 Å². The van der Waals surface area contributed by atoms with E-state index in [4.69, 9.17) is 0 Å². The molecule has 6 heteroatoms. The highest BCUT2D eigenvalue weighted by molar-refractivity contribution is 7.18. The molecule has 1 N–H and O–H groups in total. The zero-order chi connectivity index (χ0) is 16.5. The summed E-state index contributed by atoms with van der Waals surface area (Å²) < 4.78 is 3.11. The van der Waals surface area contributed by atoms with Crippen molar-refractivity contribution in [2.45, 2.75) is 38.6 Å². The molecule has 0 bridgehead atoms. The number of aromatic nitrogens is 3. The van der Waals surface area contributed by atoms with Crippen LogP contribution in [-0.2, 0) is 11.2 Å². The van der Waals surface area contributed by atoms with E-state index in [1.807, 2.05) is 28.9 Å². The standard InChI is InChI=1S/C18H20N4OS/c1-12(13-6-7-13)22-16(10-11-19-22)21-17(23)8-9-18-20-14-4-2-3-5-15(14)24-18/h2-5,10-13H,6-9H2,1H3,(H,21,23). The van der Waals surface area contributed by atoms with Gasteiger partial charge in [-0.15, -0.1) is 11.3 Å². The molecule has 0 aliphatic heterocycles. The number of fused-ring (bicyclic) bond motifs is 1. The van der Waals surface area contributed by atoms with Crippen molar-refractivity contribution in [3.8, 4) is 0 Å². The van der Waals surface area contributed by atoms with Crippen molar-refractivity contribution in [3.63, 3.8) is 0 Å². The van der Waals surface area contributed by atoms with E-state index < -0.39 is 0 Å². The molecule has 1 aromatic carbocycles. The molecule has 124 valence electrons. The first-order chi connectivity index (χ1) is 11.7. The lowest BCUT2D eigenvalue weighted by atomic mass is 10.2. The topological polar surface area (TPSA) is 59.8 Å². The lowest BCUT2D eigenvalue weighted by molar-refractivity contribution is -0.116. The second-order valence-electron chi connectivity index (χ2n) is 6.36. The van der Waals surface area contributed by atoms with Crippen molar-refractivity contribution in [1.82, 2.24) is 14.8 Å². The van der Waals surface area contributed by atoms with Crippen molar-refractivity contribution in [2.75, 3.05) is 5.32 Å². The Kier molecular flexibility index (Phi) is 4.06. The van der Waals surface area contributed by atoms with E-state index in [0.29, 0.717) is 24.8 Å². The van der Waals surface area contributed by atoms with Gasteiger partial charge in [-0.2, -0.15) is 5.10 Å². The number of amides is 1. The minimum atomic E-state index is 0.0130. The Labute approximate surface area is 144 Å². The molecular weight excluding hydrogens is 320 g/mol. The van der Waals surface area contributed by atoms with Gasteiger partial charge in [0.1, 0.15) is 5.82 Å². The lowest BCUT2D eigenvalue weighted by Gasteiger charge is -2.15. The predicted molar refractivity (Wildman–Crippen MR) is 96.2 cm³/mol. The van der Waals surface area contributed by atoms with Crippen molar-refractivity contribution in [2.24, 2.45) is 5.92 Å². The monoisotopic (exact) mass is 340 g/mol. The van der Waals surface area contributed by atoms with Crippen LogP contribution in [0, 0.1) is 5.92 Å². The summed E-state index contributed by atoms with van der Waals surface area (Å²) in [5.74, 6) is 1.51. The average molecular weight is 340 g/mol. The number of hydrogen-bond acceptors (Lipinski definition) is 4. The van der Waals surface area contributed by atoms with Gasteiger partial charge in [0.05, 0.1) is 27.5 Å². The van der Waals surface area contributed by atoms with Crippen LogP contribution < -0.4 is 5.32 Å². The van der Waals surface area contributed by atoms with Crippen molar-refractivity contribution < 1.29 is 4.79 Å². The van der Waals surface area contributed by atoms with E-state index in [0.717, 1.165) is 16.3 Å².